The molecule has 0 aliphatic rings. The van der Waals surface area contributed by atoms with Crippen molar-refractivity contribution in [2.75, 3.05) is 5.32 Å². The van der Waals surface area contributed by atoms with E-state index in [4.69, 9.17) is 0 Å². The van der Waals surface area contributed by atoms with E-state index in [2.05, 4.69) is 37.1 Å². The van der Waals surface area contributed by atoms with Crippen LogP contribution in [0.2, 0.25) is 0 Å². The minimum absolute atomic E-state index is 0.0658. The molecule has 7 heteroatoms. The summed E-state index contributed by atoms with van der Waals surface area (Å²) in [7, 11) is 0. The van der Waals surface area contributed by atoms with Crippen LogP contribution in [-0.2, 0) is 9.59 Å². The monoisotopic (exact) mass is 416 g/mol. The van der Waals surface area contributed by atoms with Crippen molar-refractivity contribution < 1.29 is 9.59 Å². The Morgan fingerprint density at radius 1 is 1.15 bits per heavy atom. The fourth-order valence-corrected chi connectivity index (χ4v) is 2.41. The minimum atomic E-state index is -0.797. The Balaban J connectivity index is 2.06. The van der Waals surface area contributed by atoms with Gasteiger partial charge >= 0.3 is 11.8 Å². The molecule has 0 aromatic heterocycles. The lowest BCUT2D eigenvalue weighted by Crippen LogP contribution is -2.41. The SMILES string of the molecule is CC[C@@H](C)NC(=O)C(=O)N/N=C\c1cc(Br)ccc1Nc1ccccc1. The summed E-state index contributed by atoms with van der Waals surface area (Å²) in [5.74, 6) is -1.50. The Bertz CT molecular complexity index is 793. The number of carbonyl (C=O) groups excluding carboxylic acids is 2. The first kappa shape index (κ1) is 19.7. The summed E-state index contributed by atoms with van der Waals surface area (Å²) in [5.41, 5.74) is 4.75. The van der Waals surface area contributed by atoms with Crippen molar-refractivity contribution in [1.29, 1.82) is 0 Å². The standard InChI is InChI=1S/C19H21BrN4O2/c1-3-13(2)22-18(25)19(26)24-21-12-14-11-15(20)9-10-17(14)23-16-7-5-4-6-8-16/h4-13,23H,3H2,1-2H3,(H,22,25)(H,24,26)/b21-12-/t13-/m1/s1. The van der Waals surface area contributed by atoms with E-state index < -0.39 is 11.8 Å². The van der Waals surface area contributed by atoms with E-state index in [1.54, 1.807) is 0 Å². The summed E-state index contributed by atoms with van der Waals surface area (Å²) in [5, 5.41) is 9.77. The molecule has 136 valence electrons. The maximum absolute atomic E-state index is 11.8. The van der Waals surface area contributed by atoms with Crippen molar-refractivity contribution in [3.05, 3.63) is 58.6 Å². The summed E-state index contributed by atoms with van der Waals surface area (Å²) in [6, 6.07) is 15.3. The molecular formula is C19H21BrN4O2. The maximum Gasteiger partial charge on any atom is 0.329 e. The van der Waals surface area contributed by atoms with Crippen LogP contribution < -0.4 is 16.1 Å². The van der Waals surface area contributed by atoms with Crippen molar-refractivity contribution in [2.45, 2.75) is 26.3 Å². The van der Waals surface area contributed by atoms with Gasteiger partial charge in [0.15, 0.2) is 0 Å². The lowest BCUT2D eigenvalue weighted by molar-refractivity contribution is -0.139. The quantitative estimate of drug-likeness (QED) is 0.382. The van der Waals surface area contributed by atoms with Gasteiger partial charge in [-0.15, -0.1) is 0 Å². The Hall–Kier alpha value is -2.67. The number of halogens is 1. The van der Waals surface area contributed by atoms with Gasteiger partial charge in [-0.05, 0) is 43.7 Å². The van der Waals surface area contributed by atoms with E-state index in [0.717, 1.165) is 27.8 Å². The molecule has 0 saturated carbocycles. The van der Waals surface area contributed by atoms with Gasteiger partial charge in [-0.25, -0.2) is 5.43 Å². The zero-order chi connectivity index (χ0) is 18.9. The molecule has 0 aliphatic carbocycles. The summed E-state index contributed by atoms with van der Waals surface area (Å²) in [4.78, 5) is 23.5. The van der Waals surface area contributed by atoms with Crippen molar-refractivity contribution in [1.82, 2.24) is 10.7 Å². The van der Waals surface area contributed by atoms with Crippen LogP contribution in [0.3, 0.4) is 0 Å². The van der Waals surface area contributed by atoms with E-state index in [-0.39, 0.29) is 6.04 Å². The van der Waals surface area contributed by atoms with Crippen molar-refractivity contribution in [3.63, 3.8) is 0 Å². The molecule has 0 bridgehead atoms. The summed E-state index contributed by atoms with van der Waals surface area (Å²) < 4.78 is 0.874. The molecule has 0 fully saturated rings. The fourth-order valence-electron chi connectivity index (χ4n) is 2.03. The maximum atomic E-state index is 11.8. The molecule has 3 N–H and O–H groups in total. The minimum Gasteiger partial charge on any atom is -0.355 e. The number of hydrazone groups is 1. The first-order valence-corrected chi connectivity index (χ1v) is 9.04. The first-order chi connectivity index (χ1) is 12.5. The first-order valence-electron chi connectivity index (χ1n) is 8.25. The van der Waals surface area contributed by atoms with Gasteiger partial charge in [0.05, 0.1) is 6.21 Å². The van der Waals surface area contributed by atoms with Crippen LogP contribution in [0, 0.1) is 0 Å². The number of carbonyl (C=O) groups is 2. The number of benzene rings is 2. The van der Waals surface area contributed by atoms with Crippen molar-refractivity contribution in [3.8, 4) is 0 Å². The van der Waals surface area contributed by atoms with E-state index >= 15 is 0 Å². The van der Waals surface area contributed by atoms with Gasteiger partial charge in [0, 0.05) is 27.5 Å². The van der Waals surface area contributed by atoms with Crippen LogP contribution in [-0.4, -0.2) is 24.1 Å². The lowest BCUT2D eigenvalue weighted by atomic mass is 10.2. The van der Waals surface area contributed by atoms with Gasteiger partial charge in [0.25, 0.3) is 0 Å². The van der Waals surface area contributed by atoms with E-state index in [9.17, 15) is 9.59 Å². The second-order valence-electron chi connectivity index (χ2n) is 5.70. The van der Waals surface area contributed by atoms with Crippen LogP contribution in [0.5, 0.6) is 0 Å². The third kappa shape index (κ3) is 6.00. The van der Waals surface area contributed by atoms with Gasteiger partial charge in [-0.3, -0.25) is 9.59 Å². The highest BCUT2D eigenvalue weighted by atomic mass is 79.9. The molecule has 0 spiro atoms. The number of nitrogens with one attached hydrogen (secondary N) is 3. The molecule has 6 nitrogen and oxygen atoms in total. The molecule has 2 aromatic carbocycles. The largest absolute Gasteiger partial charge is 0.355 e. The molecule has 2 amide bonds. The topological polar surface area (TPSA) is 82.6 Å². The Kier molecular flexibility index (Phi) is 7.35. The summed E-state index contributed by atoms with van der Waals surface area (Å²) >= 11 is 3.42. The Labute approximate surface area is 161 Å². The summed E-state index contributed by atoms with van der Waals surface area (Å²) in [6.07, 6.45) is 2.24. The molecular weight excluding hydrogens is 396 g/mol. The van der Waals surface area contributed by atoms with Crippen LogP contribution in [0.25, 0.3) is 0 Å². The Morgan fingerprint density at radius 2 is 1.88 bits per heavy atom. The van der Waals surface area contributed by atoms with Gasteiger partial charge in [-0.1, -0.05) is 41.1 Å². The number of hydrogen-bond acceptors (Lipinski definition) is 4. The molecule has 2 aromatic rings. The number of amides is 2. The lowest BCUT2D eigenvalue weighted by Gasteiger charge is -2.10. The average Bonchev–Trinajstić information content (AvgIpc) is 2.64. The number of anilines is 2. The normalized spacial score (nSPS) is 11.8. The second kappa shape index (κ2) is 9.72. The number of nitrogens with zero attached hydrogens (tertiary/aromatic N) is 1. The van der Waals surface area contributed by atoms with Crippen LogP contribution in [0.1, 0.15) is 25.8 Å². The van der Waals surface area contributed by atoms with Crippen LogP contribution in [0.15, 0.2) is 58.1 Å². The van der Waals surface area contributed by atoms with Crippen LogP contribution in [0.4, 0.5) is 11.4 Å². The van der Waals surface area contributed by atoms with Gasteiger partial charge in [0.1, 0.15) is 0 Å². The third-order valence-corrected chi connectivity index (χ3v) is 4.13. The molecule has 0 aliphatic heterocycles. The van der Waals surface area contributed by atoms with E-state index in [0.29, 0.717) is 0 Å². The zero-order valence-corrected chi connectivity index (χ0v) is 16.2. The van der Waals surface area contributed by atoms with E-state index in [1.165, 1.54) is 6.21 Å². The molecule has 0 unspecified atom stereocenters. The fraction of sp³-hybridized carbons (Fsp3) is 0.211. The molecule has 2 rings (SSSR count). The van der Waals surface area contributed by atoms with Gasteiger partial charge in [-0.2, -0.15) is 5.10 Å². The molecule has 0 radical (unpaired) electrons. The highest BCUT2D eigenvalue weighted by Gasteiger charge is 2.14. The molecule has 1 atom stereocenters. The Morgan fingerprint density at radius 3 is 2.58 bits per heavy atom. The second-order valence-corrected chi connectivity index (χ2v) is 6.62. The number of hydrogen-bond donors (Lipinski definition) is 3. The molecule has 0 heterocycles. The molecule has 0 saturated heterocycles. The van der Waals surface area contributed by atoms with Crippen LogP contribution >= 0.6 is 15.9 Å². The molecule has 26 heavy (non-hydrogen) atoms. The van der Waals surface area contributed by atoms with E-state index in [1.807, 2.05) is 62.4 Å². The van der Waals surface area contributed by atoms with Crippen molar-refractivity contribution >= 4 is 45.3 Å². The van der Waals surface area contributed by atoms with Gasteiger partial charge in [0.2, 0.25) is 0 Å². The smallest absolute Gasteiger partial charge is 0.329 e. The number of para-hydroxylation sites is 1. The zero-order valence-electron chi connectivity index (χ0n) is 14.6. The average molecular weight is 417 g/mol. The predicted octanol–water partition coefficient (Wildman–Crippen LogP) is 3.56. The van der Waals surface area contributed by atoms with Gasteiger partial charge < -0.3 is 10.6 Å². The highest BCUT2D eigenvalue weighted by molar-refractivity contribution is 9.10. The summed E-state index contributed by atoms with van der Waals surface area (Å²) in [6.45, 7) is 3.76. The third-order valence-electron chi connectivity index (χ3n) is 3.63. The number of rotatable bonds is 6. The predicted molar refractivity (Wildman–Crippen MR) is 107 cm³/mol. The van der Waals surface area contributed by atoms with Crippen molar-refractivity contribution in [2.24, 2.45) is 5.10 Å². The highest BCUT2D eigenvalue weighted by Crippen LogP contribution is 2.23.